The van der Waals surface area contributed by atoms with Crippen molar-refractivity contribution < 1.29 is 23.5 Å². The SMILES string of the molecule is COc1ccc([C@H]2Nc3ccccc3C(=O)N2Cc2ccco2)cc1CN1C(=O)c2ccccc2C1=O. The van der Waals surface area contributed by atoms with Crippen LogP contribution < -0.4 is 10.1 Å². The minimum Gasteiger partial charge on any atom is -0.496 e. The molecule has 3 heterocycles. The van der Waals surface area contributed by atoms with Crippen LogP contribution in [0.15, 0.2) is 89.5 Å². The monoisotopic (exact) mass is 493 g/mol. The Bertz CT molecular complexity index is 1490. The summed E-state index contributed by atoms with van der Waals surface area (Å²) in [6.07, 6.45) is 1.06. The third kappa shape index (κ3) is 3.83. The highest BCUT2D eigenvalue weighted by Crippen LogP contribution is 2.36. The van der Waals surface area contributed by atoms with Crippen LogP contribution in [-0.2, 0) is 13.1 Å². The second-order valence-corrected chi connectivity index (χ2v) is 8.92. The molecule has 8 nitrogen and oxygen atoms in total. The fourth-order valence-electron chi connectivity index (χ4n) is 4.93. The van der Waals surface area contributed by atoms with Gasteiger partial charge >= 0.3 is 0 Å². The van der Waals surface area contributed by atoms with Crippen LogP contribution in [-0.4, -0.2) is 34.6 Å². The number of methoxy groups -OCH3 is 1. The Hall–Kier alpha value is -4.85. The van der Waals surface area contributed by atoms with E-state index in [4.69, 9.17) is 9.15 Å². The average Bonchev–Trinajstić information content (AvgIpc) is 3.53. The minimum atomic E-state index is -0.515. The Balaban J connectivity index is 1.37. The first-order valence-corrected chi connectivity index (χ1v) is 11.9. The number of nitrogens with zero attached hydrogens (tertiary/aromatic N) is 2. The lowest BCUT2D eigenvalue weighted by molar-refractivity contribution is 0.0638. The average molecular weight is 494 g/mol. The van der Waals surface area contributed by atoms with Crippen molar-refractivity contribution in [2.45, 2.75) is 19.3 Å². The van der Waals surface area contributed by atoms with Gasteiger partial charge in [0.25, 0.3) is 17.7 Å². The van der Waals surface area contributed by atoms with E-state index >= 15 is 0 Å². The molecule has 2 aliphatic heterocycles. The first-order valence-electron chi connectivity index (χ1n) is 11.9. The van der Waals surface area contributed by atoms with E-state index in [0.29, 0.717) is 33.8 Å². The number of benzene rings is 3. The molecular formula is C29H23N3O5. The quantitative estimate of drug-likeness (QED) is 0.386. The highest BCUT2D eigenvalue weighted by Gasteiger charge is 2.37. The molecular weight excluding hydrogens is 470 g/mol. The molecule has 0 spiro atoms. The lowest BCUT2D eigenvalue weighted by Gasteiger charge is -2.38. The van der Waals surface area contributed by atoms with Gasteiger partial charge in [-0.3, -0.25) is 19.3 Å². The number of amides is 3. The second-order valence-electron chi connectivity index (χ2n) is 8.92. The van der Waals surface area contributed by atoms with Crippen molar-refractivity contribution in [2.24, 2.45) is 0 Å². The molecule has 2 aliphatic rings. The van der Waals surface area contributed by atoms with Crippen LogP contribution in [0.4, 0.5) is 5.69 Å². The van der Waals surface area contributed by atoms with Gasteiger partial charge in [0, 0.05) is 11.3 Å². The fraction of sp³-hybridized carbons (Fsp3) is 0.138. The number of anilines is 1. The Kier molecular flexibility index (Phi) is 5.49. The van der Waals surface area contributed by atoms with Crippen molar-refractivity contribution in [1.29, 1.82) is 0 Å². The molecule has 6 rings (SSSR count). The first kappa shape index (κ1) is 22.6. The molecule has 3 amide bonds. The third-order valence-corrected chi connectivity index (χ3v) is 6.76. The maximum Gasteiger partial charge on any atom is 0.261 e. The molecule has 4 aromatic rings. The van der Waals surface area contributed by atoms with Gasteiger partial charge in [0.2, 0.25) is 0 Å². The Labute approximate surface area is 213 Å². The number of rotatable bonds is 6. The molecule has 0 aliphatic carbocycles. The molecule has 1 atom stereocenters. The molecule has 3 aromatic carbocycles. The smallest absolute Gasteiger partial charge is 0.261 e. The van der Waals surface area contributed by atoms with Crippen LogP contribution in [0.5, 0.6) is 5.75 Å². The molecule has 8 heteroatoms. The number of para-hydroxylation sites is 1. The van der Waals surface area contributed by atoms with Crippen LogP contribution in [0.2, 0.25) is 0 Å². The summed E-state index contributed by atoms with van der Waals surface area (Å²) >= 11 is 0. The van der Waals surface area contributed by atoms with E-state index in [0.717, 1.165) is 11.3 Å². The molecule has 1 aromatic heterocycles. The lowest BCUT2D eigenvalue weighted by atomic mass is 10.0. The summed E-state index contributed by atoms with van der Waals surface area (Å²) < 4.78 is 11.1. The number of carbonyl (C=O) groups excluding carboxylic acids is 3. The summed E-state index contributed by atoms with van der Waals surface area (Å²) in [4.78, 5) is 42.5. The van der Waals surface area contributed by atoms with Gasteiger partial charge in [-0.05, 0) is 54.1 Å². The Morgan fingerprint density at radius 1 is 0.811 bits per heavy atom. The van der Waals surface area contributed by atoms with Gasteiger partial charge in [-0.15, -0.1) is 0 Å². The minimum absolute atomic E-state index is 0.0405. The van der Waals surface area contributed by atoms with E-state index in [1.54, 1.807) is 60.7 Å². The number of fused-ring (bicyclic) bond motifs is 2. The van der Waals surface area contributed by atoms with Gasteiger partial charge in [0.15, 0.2) is 0 Å². The van der Waals surface area contributed by atoms with Crippen molar-refractivity contribution in [3.8, 4) is 5.75 Å². The van der Waals surface area contributed by atoms with E-state index < -0.39 is 6.17 Å². The number of nitrogens with one attached hydrogen (secondary N) is 1. The third-order valence-electron chi connectivity index (χ3n) is 6.76. The summed E-state index contributed by atoms with van der Waals surface area (Å²) in [5.74, 6) is 0.382. The summed E-state index contributed by atoms with van der Waals surface area (Å²) in [6.45, 7) is 0.302. The van der Waals surface area contributed by atoms with E-state index in [1.165, 1.54) is 4.90 Å². The van der Waals surface area contributed by atoms with Gasteiger partial charge in [0.05, 0.1) is 43.2 Å². The van der Waals surface area contributed by atoms with Crippen LogP contribution >= 0.6 is 0 Å². The van der Waals surface area contributed by atoms with E-state index in [2.05, 4.69) is 5.32 Å². The number of hydrogen-bond acceptors (Lipinski definition) is 6. The summed E-state index contributed by atoms with van der Waals surface area (Å²) in [5, 5.41) is 3.47. The molecule has 0 fully saturated rings. The predicted octanol–water partition coefficient (Wildman–Crippen LogP) is 4.85. The molecule has 0 saturated heterocycles. The van der Waals surface area contributed by atoms with Crippen molar-refractivity contribution in [2.75, 3.05) is 12.4 Å². The molecule has 184 valence electrons. The molecule has 0 radical (unpaired) electrons. The van der Waals surface area contributed by atoms with Crippen LogP contribution in [0.3, 0.4) is 0 Å². The summed E-state index contributed by atoms with van der Waals surface area (Å²) in [7, 11) is 1.54. The molecule has 1 N–H and O–H groups in total. The van der Waals surface area contributed by atoms with Crippen LogP contribution in [0, 0.1) is 0 Å². The Morgan fingerprint density at radius 3 is 2.19 bits per heavy atom. The van der Waals surface area contributed by atoms with Gasteiger partial charge in [0.1, 0.15) is 17.7 Å². The predicted molar refractivity (Wildman–Crippen MR) is 135 cm³/mol. The number of imide groups is 1. The van der Waals surface area contributed by atoms with Gasteiger partial charge in [-0.25, -0.2) is 0 Å². The fourth-order valence-corrected chi connectivity index (χ4v) is 4.93. The number of ether oxygens (including phenoxy) is 1. The van der Waals surface area contributed by atoms with E-state index in [1.807, 2.05) is 36.4 Å². The van der Waals surface area contributed by atoms with E-state index in [-0.39, 0.29) is 30.8 Å². The number of furan rings is 1. The van der Waals surface area contributed by atoms with Crippen LogP contribution in [0.25, 0.3) is 0 Å². The topological polar surface area (TPSA) is 92.1 Å². The zero-order valence-electron chi connectivity index (χ0n) is 20.0. The zero-order valence-corrected chi connectivity index (χ0v) is 20.0. The van der Waals surface area contributed by atoms with Crippen molar-refractivity contribution >= 4 is 23.4 Å². The van der Waals surface area contributed by atoms with Crippen LogP contribution in [0.1, 0.15) is 54.1 Å². The maximum atomic E-state index is 13.5. The summed E-state index contributed by atoms with van der Waals surface area (Å²) in [5.41, 5.74) is 3.52. The number of hydrogen-bond donors (Lipinski definition) is 1. The maximum absolute atomic E-state index is 13.5. The van der Waals surface area contributed by atoms with E-state index in [9.17, 15) is 14.4 Å². The van der Waals surface area contributed by atoms with Gasteiger partial charge in [-0.2, -0.15) is 0 Å². The van der Waals surface area contributed by atoms with Gasteiger partial charge < -0.3 is 19.4 Å². The standard InChI is InChI=1S/C29H23N3O5/c1-36-25-13-12-18(15-19(25)16-32-27(33)21-8-2-3-9-22(21)28(32)34)26-30-24-11-5-4-10-23(24)29(35)31(26)17-20-7-6-14-37-20/h2-15,26,30H,16-17H2,1H3/t26-/m0/s1. The molecule has 0 bridgehead atoms. The molecule has 37 heavy (non-hydrogen) atoms. The normalized spacial score (nSPS) is 16.5. The van der Waals surface area contributed by atoms with Crippen molar-refractivity contribution in [3.63, 3.8) is 0 Å². The number of carbonyl (C=O) groups is 3. The first-order chi connectivity index (χ1) is 18.0. The largest absolute Gasteiger partial charge is 0.496 e. The highest BCUT2D eigenvalue weighted by atomic mass is 16.5. The Morgan fingerprint density at radius 2 is 1.51 bits per heavy atom. The van der Waals surface area contributed by atoms with Crippen molar-refractivity contribution in [3.05, 3.63) is 119 Å². The second kappa shape index (κ2) is 8.98. The van der Waals surface area contributed by atoms with Crippen molar-refractivity contribution in [1.82, 2.24) is 9.80 Å². The lowest BCUT2D eigenvalue weighted by Crippen LogP contribution is -2.42. The summed E-state index contributed by atoms with van der Waals surface area (Å²) in [6, 6.07) is 23.3. The van der Waals surface area contributed by atoms with Gasteiger partial charge in [-0.1, -0.05) is 30.3 Å². The molecule has 0 saturated carbocycles. The highest BCUT2D eigenvalue weighted by molar-refractivity contribution is 6.21. The zero-order chi connectivity index (χ0) is 25.5. The molecule has 0 unspecified atom stereocenters.